The van der Waals surface area contributed by atoms with Gasteiger partial charge in [-0.05, 0) is 68.4 Å². The van der Waals surface area contributed by atoms with Crippen LogP contribution in [-0.4, -0.2) is 62.7 Å². The number of nitrogens with one attached hydrogen (secondary N) is 2. The summed E-state index contributed by atoms with van der Waals surface area (Å²) in [6.07, 6.45) is 1.01. The molecule has 1 amide bonds. The van der Waals surface area contributed by atoms with Crippen molar-refractivity contribution in [2.45, 2.75) is 57.6 Å². The van der Waals surface area contributed by atoms with Crippen molar-refractivity contribution in [3.05, 3.63) is 47.1 Å². The highest BCUT2D eigenvalue weighted by Gasteiger charge is 2.29. The lowest BCUT2D eigenvalue weighted by Crippen LogP contribution is -2.50. The van der Waals surface area contributed by atoms with Crippen LogP contribution < -0.4 is 10.6 Å². The van der Waals surface area contributed by atoms with Crippen molar-refractivity contribution >= 4 is 23.7 Å². The first-order valence-electron chi connectivity index (χ1n) is 10.0. The second-order valence-electron chi connectivity index (χ2n) is 7.47. The summed E-state index contributed by atoms with van der Waals surface area (Å²) in [6, 6.07) is 3.56. The molecule has 0 radical (unpaired) electrons. The molecule has 0 saturated carbocycles. The van der Waals surface area contributed by atoms with E-state index in [4.69, 9.17) is 4.42 Å². The molecule has 0 aliphatic rings. The third kappa shape index (κ3) is 8.13. The van der Waals surface area contributed by atoms with Crippen molar-refractivity contribution in [3.8, 4) is 0 Å². The topological polar surface area (TPSA) is 128 Å². The molecule has 0 aliphatic heterocycles. The van der Waals surface area contributed by atoms with Crippen molar-refractivity contribution < 1.29 is 28.9 Å². The summed E-state index contributed by atoms with van der Waals surface area (Å²) < 4.78 is 18.9. The Labute approximate surface area is 185 Å². The molecule has 1 aromatic carbocycles. The number of hydrogen-bond acceptors (Lipinski definition) is 8. The minimum atomic E-state index is -1.27. The second-order valence-corrected chi connectivity index (χ2v) is 8.46. The lowest BCUT2D eigenvalue weighted by atomic mass is 9.94. The van der Waals surface area contributed by atoms with Gasteiger partial charge >= 0.3 is 0 Å². The average Bonchev–Trinajstić information content (AvgIpc) is 3.14. The summed E-state index contributed by atoms with van der Waals surface area (Å²) in [5.41, 5.74) is 1.22. The first-order chi connectivity index (χ1) is 14.7. The number of amides is 1. The first-order valence-corrected chi connectivity index (χ1v) is 11.4. The summed E-state index contributed by atoms with van der Waals surface area (Å²) in [6.45, 7) is 3.22. The number of aryl methyl sites for hydroxylation is 1. The number of benzene rings is 1. The zero-order chi connectivity index (χ0) is 23.0. The predicted octanol–water partition coefficient (Wildman–Crippen LogP) is 2.08. The van der Waals surface area contributed by atoms with E-state index in [2.05, 4.69) is 15.6 Å². The van der Waals surface area contributed by atoms with Gasteiger partial charge in [-0.2, -0.15) is 16.7 Å². The van der Waals surface area contributed by atoms with E-state index in [0.717, 1.165) is 12.0 Å². The van der Waals surface area contributed by atoms with E-state index in [9.17, 15) is 24.5 Å². The normalized spacial score (nSPS) is 15.2. The van der Waals surface area contributed by atoms with Gasteiger partial charge in [0.25, 0.3) is 11.9 Å². The summed E-state index contributed by atoms with van der Waals surface area (Å²) in [7, 11) is 0. The van der Waals surface area contributed by atoms with E-state index >= 15 is 0 Å². The molecule has 0 bridgehead atoms. The number of hydrogen-bond donors (Lipinski definition) is 5. The molecule has 31 heavy (non-hydrogen) atoms. The van der Waals surface area contributed by atoms with Crippen LogP contribution >= 0.6 is 11.8 Å². The number of halogens is 1. The van der Waals surface area contributed by atoms with Gasteiger partial charge in [-0.3, -0.25) is 4.79 Å². The van der Waals surface area contributed by atoms with Crippen molar-refractivity contribution in [3.63, 3.8) is 0 Å². The Balaban J connectivity index is 2.17. The maximum absolute atomic E-state index is 13.8. The summed E-state index contributed by atoms with van der Waals surface area (Å²) >= 11 is 1.64. The smallest absolute Gasteiger partial charge is 0.297 e. The van der Waals surface area contributed by atoms with Crippen LogP contribution in [0.5, 0.6) is 0 Å². The summed E-state index contributed by atoms with van der Waals surface area (Å²) in [5.74, 6) is -0.210. The Hall–Kier alpha value is -2.14. The Morgan fingerprint density at radius 2 is 2.03 bits per heavy atom. The fourth-order valence-electron chi connectivity index (χ4n) is 3.18. The van der Waals surface area contributed by atoms with Gasteiger partial charge in [0.2, 0.25) is 0 Å². The van der Waals surface area contributed by atoms with E-state index in [1.165, 1.54) is 19.1 Å². The molecule has 0 fully saturated rings. The standard InChI is InChI=1S/C21H30FN3O5S/c1-12-7-14(9-15(22)8-12)10-16(19(28)18(27)5-4-6-31-3)24-20(29)17-11-30-21(25-17)23-13(2)26/h7-9,11,13,16,18-19,26-28H,4-6,10H2,1-3H3,(H,23,25)(H,24,29). The number of aliphatic hydroxyl groups is 3. The predicted molar refractivity (Wildman–Crippen MR) is 118 cm³/mol. The molecule has 1 heterocycles. The number of thioether (sulfide) groups is 1. The molecular formula is C21H30FN3O5S. The minimum absolute atomic E-state index is 0.0323. The van der Waals surface area contributed by atoms with E-state index in [1.54, 1.807) is 24.8 Å². The number of carbonyl (C=O) groups is 1. The van der Waals surface area contributed by atoms with Gasteiger partial charge in [0.15, 0.2) is 5.69 Å². The number of aromatic nitrogens is 1. The highest BCUT2D eigenvalue weighted by atomic mass is 32.2. The Morgan fingerprint density at radius 3 is 2.68 bits per heavy atom. The zero-order valence-electron chi connectivity index (χ0n) is 17.8. The molecule has 1 aromatic heterocycles. The molecule has 4 atom stereocenters. The van der Waals surface area contributed by atoms with Crippen LogP contribution in [0, 0.1) is 12.7 Å². The van der Waals surface area contributed by atoms with Gasteiger partial charge in [-0.25, -0.2) is 4.39 Å². The maximum atomic E-state index is 13.8. The van der Waals surface area contributed by atoms with Gasteiger partial charge in [-0.15, -0.1) is 0 Å². The number of oxazole rings is 1. The van der Waals surface area contributed by atoms with Crippen LogP contribution in [0.1, 0.15) is 41.4 Å². The molecule has 0 spiro atoms. The molecule has 0 saturated heterocycles. The van der Waals surface area contributed by atoms with E-state index < -0.39 is 36.2 Å². The van der Waals surface area contributed by atoms with Crippen LogP contribution in [0.3, 0.4) is 0 Å². The quantitative estimate of drug-likeness (QED) is 0.243. The molecule has 2 aromatic rings. The van der Waals surface area contributed by atoms with Crippen molar-refractivity contribution in [2.24, 2.45) is 0 Å². The molecular weight excluding hydrogens is 425 g/mol. The fourth-order valence-corrected chi connectivity index (χ4v) is 3.64. The highest BCUT2D eigenvalue weighted by molar-refractivity contribution is 7.98. The van der Waals surface area contributed by atoms with Crippen LogP contribution in [-0.2, 0) is 6.42 Å². The van der Waals surface area contributed by atoms with Crippen LogP contribution in [0.15, 0.2) is 28.9 Å². The van der Waals surface area contributed by atoms with Crippen LogP contribution in [0.4, 0.5) is 10.4 Å². The second kappa shape index (κ2) is 12.0. The molecule has 172 valence electrons. The van der Waals surface area contributed by atoms with Crippen LogP contribution in [0.2, 0.25) is 0 Å². The van der Waals surface area contributed by atoms with Gasteiger partial charge in [0.1, 0.15) is 24.4 Å². The van der Waals surface area contributed by atoms with Crippen molar-refractivity contribution in [1.82, 2.24) is 10.3 Å². The SMILES string of the molecule is CSCCCC(O)C(O)C(Cc1cc(C)cc(F)c1)NC(=O)c1coc(NC(C)O)n1. The number of rotatable bonds is 12. The molecule has 2 rings (SSSR count). The number of aliphatic hydroxyl groups excluding tert-OH is 3. The third-order valence-corrected chi connectivity index (χ3v) is 5.29. The molecule has 4 unspecified atom stereocenters. The summed E-state index contributed by atoms with van der Waals surface area (Å²) in [4.78, 5) is 16.6. The lowest BCUT2D eigenvalue weighted by Gasteiger charge is -2.28. The maximum Gasteiger partial charge on any atom is 0.297 e. The largest absolute Gasteiger partial charge is 0.431 e. The number of carbonyl (C=O) groups excluding carboxylic acids is 1. The Morgan fingerprint density at radius 1 is 1.29 bits per heavy atom. The first kappa shape index (κ1) is 25.1. The van der Waals surface area contributed by atoms with E-state index in [0.29, 0.717) is 24.0 Å². The van der Waals surface area contributed by atoms with Gasteiger partial charge in [-0.1, -0.05) is 6.07 Å². The Bertz CT molecular complexity index is 828. The molecule has 5 N–H and O–H groups in total. The summed E-state index contributed by atoms with van der Waals surface area (Å²) in [5, 5.41) is 35.7. The minimum Gasteiger partial charge on any atom is -0.431 e. The van der Waals surface area contributed by atoms with E-state index in [-0.39, 0.29) is 18.1 Å². The third-order valence-electron chi connectivity index (χ3n) is 4.60. The highest BCUT2D eigenvalue weighted by Crippen LogP contribution is 2.17. The lowest BCUT2D eigenvalue weighted by molar-refractivity contribution is -0.00736. The monoisotopic (exact) mass is 455 g/mol. The van der Waals surface area contributed by atoms with Gasteiger partial charge in [0, 0.05) is 0 Å². The number of nitrogens with zero attached hydrogens (tertiary/aromatic N) is 1. The van der Waals surface area contributed by atoms with Crippen LogP contribution in [0.25, 0.3) is 0 Å². The molecule has 10 heteroatoms. The molecule has 8 nitrogen and oxygen atoms in total. The average molecular weight is 456 g/mol. The number of anilines is 1. The Kier molecular flexibility index (Phi) is 9.76. The zero-order valence-corrected chi connectivity index (χ0v) is 18.7. The van der Waals surface area contributed by atoms with Gasteiger partial charge < -0.3 is 30.4 Å². The van der Waals surface area contributed by atoms with Crippen molar-refractivity contribution in [1.29, 1.82) is 0 Å². The van der Waals surface area contributed by atoms with Gasteiger partial charge in [0.05, 0.1) is 12.1 Å². The fraction of sp³-hybridized carbons (Fsp3) is 0.524. The molecule has 0 aliphatic carbocycles. The van der Waals surface area contributed by atoms with E-state index in [1.807, 2.05) is 6.26 Å². The van der Waals surface area contributed by atoms with Crippen molar-refractivity contribution in [2.75, 3.05) is 17.3 Å².